The predicted octanol–water partition coefficient (Wildman–Crippen LogP) is 3.03. The molecule has 0 saturated heterocycles. The van der Waals surface area contributed by atoms with Crippen molar-refractivity contribution in [2.75, 3.05) is 11.9 Å². The van der Waals surface area contributed by atoms with Crippen LogP contribution in [0.5, 0.6) is 0 Å². The third-order valence-electron chi connectivity index (χ3n) is 3.05. The molecule has 2 aromatic carbocycles. The molecular formula is C17H17ClN2O2. The molecule has 0 aliphatic carbocycles. The molecule has 0 heterocycles. The van der Waals surface area contributed by atoms with Crippen molar-refractivity contribution in [1.29, 1.82) is 0 Å². The van der Waals surface area contributed by atoms with E-state index in [0.29, 0.717) is 11.3 Å². The van der Waals surface area contributed by atoms with Gasteiger partial charge in [-0.3, -0.25) is 9.59 Å². The fraction of sp³-hybridized carbons (Fsp3) is 0.176. The lowest BCUT2D eigenvalue weighted by Gasteiger charge is -2.11. The highest BCUT2D eigenvalue weighted by atomic mass is 35.5. The predicted molar refractivity (Wildman–Crippen MR) is 87.9 cm³/mol. The number of carbonyl (C=O) groups excluding carboxylic acids is 2. The number of hydrogen-bond acceptors (Lipinski definition) is 2. The van der Waals surface area contributed by atoms with Gasteiger partial charge in [0.25, 0.3) is 0 Å². The smallest absolute Gasteiger partial charge is 0.243 e. The van der Waals surface area contributed by atoms with Gasteiger partial charge in [-0.15, -0.1) is 11.6 Å². The van der Waals surface area contributed by atoms with E-state index in [0.717, 1.165) is 5.56 Å². The Morgan fingerprint density at radius 1 is 1.09 bits per heavy atom. The van der Waals surface area contributed by atoms with E-state index in [2.05, 4.69) is 10.6 Å². The van der Waals surface area contributed by atoms with E-state index in [1.807, 2.05) is 43.3 Å². The van der Waals surface area contributed by atoms with E-state index in [1.54, 1.807) is 18.2 Å². The average molecular weight is 317 g/mol. The number of benzene rings is 2. The SMILES string of the molecule is Cc1cccc(NC(=O)CNC(=O)C(Cl)c2ccccc2)c1. The standard InChI is InChI=1S/C17H17ClN2O2/c1-12-6-5-9-14(10-12)20-15(21)11-19-17(22)16(18)13-7-3-2-4-8-13/h2-10,16H,11H2,1H3,(H,19,22)(H,20,21). The van der Waals surface area contributed by atoms with Crippen molar-refractivity contribution >= 4 is 29.1 Å². The summed E-state index contributed by atoms with van der Waals surface area (Å²) >= 11 is 6.08. The molecule has 0 fully saturated rings. The first kappa shape index (κ1) is 16.0. The molecule has 0 saturated carbocycles. The summed E-state index contributed by atoms with van der Waals surface area (Å²) in [5, 5.41) is 4.44. The van der Waals surface area contributed by atoms with Crippen LogP contribution in [-0.4, -0.2) is 18.4 Å². The molecule has 2 aromatic rings. The minimum atomic E-state index is -0.812. The number of carbonyl (C=O) groups is 2. The number of anilines is 1. The van der Waals surface area contributed by atoms with Crippen LogP contribution in [-0.2, 0) is 9.59 Å². The number of hydrogen-bond donors (Lipinski definition) is 2. The van der Waals surface area contributed by atoms with Crippen LogP contribution in [0.15, 0.2) is 54.6 Å². The fourth-order valence-electron chi connectivity index (χ4n) is 1.96. The summed E-state index contributed by atoms with van der Waals surface area (Å²) in [4.78, 5) is 23.7. The van der Waals surface area contributed by atoms with Crippen LogP contribution in [0.3, 0.4) is 0 Å². The highest BCUT2D eigenvalue weighted by Gasteiger charge is 2.17. The summed E-state index contributed by atoms with van der Waals surface area (Å²) in [6.45, 7) is 1.82. The van der Waals surface area contributed by atoms with Gasteiger partial charge in [0.2, 0.25) is 11.8 Å². The van der Waals surface area contributed by atoms with E-state index < -0.39 is 11.3 Å². The summed E-state index contributed by atoms with van der Waals surface area (Å²) < 4.78 is 0. The fourth-order valence-corrected chi connectivity index (χ4v) is 2.18. The third kappa shape index (κ3) is 4.60. The largest absolute Gasteiger partial charge is 0.345 e. The number of amides is 2. The molecule has 1 atom stereocenters. The number of rotatable bonds is 5. The molecule has 0 bridgehead atoms. The van der Waals surface area contributed by atoms with E-state index in [9.17, 15) is 9.59 Å². The van der Waals surface area contributed by atoms with Crippen molar-refractivity contribution in [1.82, 2.24) is 5.32 Å². The maximum atomic E-state index is 11.9. The molecule has 0 aliphatic rings. The minimum Gasteiger partial charge on any atom is -0.345 e. The maximum absolute atomic E-state index is 11.9. The summed E-state index contributed by atoms with van der Waals surface area (Å²) in [6.07, 6.45) is 0. The second kappa shape index (κ2) is 7.61. The monoisotopic (exact) mass is 316 g/mol. The number of nitrogens with one attached hydrogen (secondary N) is 2. The van der Waals surface area contributed by atoms with Crippen LogP contribution in [0.25, 0.3) is 0 Å². The Morgan fingerprint density at radius 3 is 2.50 bits per heavy atom. The molecule has 1 unspecified atom stereocenters. The van der Waals surface area contributed by atoms with E-state index in [1.165, 1.54) is 0 Å². The van der Waals surface area contributed by atoms with Crippen LogP contribution < -0.4 is 10.6 Å². The van der Waals surface area contributed by atoms with E-state index in [-0.39, 0.29) is 12.5 Å². The molecule has 114 valence electrons. The zero-order valence-corrected chi connectivity index (χ0v) is 12.9. The molecule has 22 heavy (non-hydrogen) atoms. The molecule has 0 aromatic heterocycles. The zero-order valence-electron chi connectivity index (χ0n) is 12.2. The van der Waals surface area contributed by atoms with Crippen LogP contribution >= 0.6 is 11.6 Å². The molecule has 0 aliphatic heterocycles. The summed E-state index contributed by atoms with van der Waals surface area (Å²) in [5.41, 5.74) is 2.44. The van der Waals surface area contributed by atoms with Gasteiger partial charge in [-0.25, -0.2) is 0 Å². The van der Waals surface area contributed by atoms with Crippen LogP contribution in [0.4, 0.5) is 5.69 Å². The van der Waals surface area contributed by atoms with Crippen LogP contribution in [0.1, 0.15) is 16.5 Å². The Bertz CT molecular complexity index is 659. The Hall–Kier alpha value is -2.33. The average Bonchev–Trinajstić information content (AvgIpc) is 2.52. The highest BCUT2D eigenvalue weighted by molar-refractivity contribution is 6.30. The first-order chi connectivity index (χ1) is 10.6. The lowest BCUT2D eigenvalue weighted by molar-refractivity contribution is -0.124. The van der Waals surface area contributed by atoms with Crippen molar-refractivity contribution in [3.63, 3.8) is 0 Å². The van der Waals surface area contributed by atoms with E-state index >= 15 is 0 Å². The van der Waals surface area contributed by atoms with Gasteiger partial charge >= 0.3 is 0 Å². The Balaban J connectivity index is 1.84. The van der Waals surface area contributed by atoms with Crippen molar-refractivity contribution in [2.45, 2.75) is 12.3 Å². The second-order valence-electron chi connectivity index (χ2n) is 4.91. The number of aryl methyl sites for hydroxylation is 1. The van der Waals surface area contributed by atoms with Crippen LogP contribution in [0, 0.1) is 6.92 Å². The molecule has 2 N–H and O–H groups in total. The Kier molecular flexibility index (Phi) is 5.55. The number of halogens is 1. The molecular weight excluding hydrogens is 300 g/mol. The quantitative estimate of drug-likeness (QED) is 0.833. The molecule has 5 heteroatoms. The zero-order chi connectivity index (χ0) is 15.9. The molecule has 2 amide bonds. The summed E-state index contributed by atoms with van der Waals surface area (Å²) in [5.74, 6) is -0.692. The Morgan fingerprint density at radius 2 is 1.82 bits per heavy atom. The summed E-state index contributed by atoms with van der Waals surface area (Å²) in [6, 6.07) is 16.4. The maximum Gasteiger partial charge on any atom is 0.243 e. The van der Waals surface area contributed by atoms with E-state index in [4.69, 9.17) is 11.6 Å². The van der Waals surface area contributed by atoms with Crippen molar-refractivity contribution < 1.29 is 9.59 Å². The molecule has 0 spiro atoms. The topological polar surface area (TPSA) is 58.2 Å². The first-order valence-corrected chi connectivity index (χ1v) is 7.33. The summed E-state index contributed by atoms with van der Waals surface area (Å²) in [7, 11) is 0. The number of alkyl halides is 1. The van der Waals surface area contributed by atoms with Crippen molar-refractivity contribution in [3.05, 3.63) is 65.7 Å². The van der Waals surface area contributed by atoms with Gasteiger partial charge < -0.3 is 10.6 Å². The van der Waals surface area contributed by atoms with Crippen molar-refractivity contribution in [3.8, 4) is 0 Å². The van der Waals surface area contributed by atoms with Crippen LogP contribution in [0.2, 0.25) is 0 Å². The minimum absolute atomic E-state index is 0.122. The third-order valence-corrected chi connectivity index (χ3v) is 3.50. The molecule has 4 nitrogen and oxygen atoms in total. The highest BCUT2D eigenvalue weighted by Crippen LogP contribution is 2.19. The van der Waals surface area contributed by atoms with Gasteiger partial charge in [-0.05, 0) is 30.2 Å². The lowest BCUT2D eigenvalue weighted by atomic mass is 10.1. The normalized spacial score (nSPS) is 11.5. The lowest BCUT2D eigenvalue weighted by Crippen LogP contribution is -2.34. The van der Waals surface area contributed by atoms with Gasteiger partial charge in [0, 0.05) is 5.69 Å². The van der Waals surface area contributed by atoms with Gasteiger partial charge in [-0.1, -0.05) is 42.5 Å². The van der Waals surface area contributed by atoms with Gasteiger partial charge in [0.1, 0.15) is 5.38 Å². The van der Waals surface area contributed by atoms with Gasteiger partial charge in [0.05, 0.1) is 6.54 Å². The van der Waals surface area contributed by atoms with Gasteiger partial charge in [0.15, 0.2) is 0 Å². The second-order valence-corrected chi connectivity index (χ2v) is 5.35. The van der Waals surface area contributed by atoms with Crippen molar-refractivity contribution in [2.24, 2.45) is 0 Å². The molecule has 0 radical (unpaired) electrons. The van der Waals surface area contributed by atoms with Gasteiger partial charge in [-0.2, -0.15) is 0 Å². The first-order valence-electron chi connectivity index (χ1n) is 6.89. The Labute approximate surface area is 134 Å². The molecule has 2 rings (SSSR count).